The number of rotatable bonds is 3. The van der Waals surface area contributed by atoms with Crippen LogP contribution >= 0.6 is 0 Å². The van der Waals surface area contributed by atoms with Crippen LogP contribution in [0.15, 0.2) is 42.5 Å². The number of hydrogen-bond donors (Lipinski definition) is 2. The standard InChI is InChI=1S/C20H22N2O2/c1-4-20-15-9-7-6-8-14(15)19(3,22-20)17-12-13(10-11-16(17)20)21-18(23)24-5-2/h6-12,22H,4-5H2,1-3H3,(H,21,23). The summed E-state index contributed by atoms with van der Waals surface area (Å²) in [6.45, 7) is 6.61. The number of ether oxygens (including phenoxy) is 1. The molecule has 2 heterocycles. The predicted octanol–water partition coefficient (Wildman–Crippen LogP) is 4.09. The minimum atomic E-state index is -0.413. The van der Waals surface area contributed by atoms with Crippen molar-refractivity contribution in [2.45, 2.75) is 38.3 Å². The monoisotopic (exact) mass is 322 g/mol. The lowest BCUT2D eigenvalue weighted by molar-refractivity contribution is 0.168. The van der Waals surface area contributed by atoms with Gasteiger partial charge in [0, 0.05) is 5.69 Å². The van der Waals surface area contributed by atoms with Gasteiger partial charge in [-0.3, -0.25) is 10.6 Å². The number of nitrogens with one attached hydrogen (secondary N) is 2. The van der Waals surface area contributed by atoms with E-state index in [1.807, 2.05) is 6.07 Å². The number of fused-ring (bicyclic) bond motifs is 8. The smallest absolute Gasteiger partial charge is 0.411 e. The van der Waals surface area contributed by atoms with Crippen molar-refractivity contribution in [2.75, 3.05) is 11.9 Å². The third-order valence-electron chi connectivity index (χ3n) is 5.46. The molecule has 4 heteroatoms. The lowest BCUT2D eigenvalue weighted by atomic mass is 9.72. The fraction of sp³-hybridized carbons (Fsp3) is 0.350. The highest BCUT2D eigenvalue weighted by Crippen LogP contribution is 2.57. The van der Waals surface area contributed by atoms with Gasteiger partial charge < -0.3 is 4.74 Å². The molecule has 0 saturated carbocycles. The van der Waals surface area contributed by atoms with E-state index in [4.69, 9.17) is 4.74 Å². The average molecular weight is 322 g/mol. The van der Waals surface area contributed by atoms with Gasteiger partial charge in [-0.1, -0.05) is 37.3 Å². The van der Waals surface area contributed by atoms with Crippen LogP contribution in [0, 0.1) is 0 Å². The molecular weight excluding hydrogens is 300 g/mol. The Morgan fingerprint density at radius 1 is 1.08 bits per heavy atom. The molecule has 4 nitrogen and oxygen atoms in total. The van der Waals surface area contributed by atoms with E-state index in [1.165, 1.54) is 22.3 Å². The summed E-state index contributed by atoms with van der Waals surface area (Å²) in [6.07, 6.45) is 0.571. The second-order valence-corrected chi connectivity index (χ2v) is 6.66. The van der Waals surface area contributed by atoms with Gasteiger partial charge in [-0.05, 0) is 54.7 Å². The fourth-order valence-corrected chi connectivity index (χ4v) is 4.44. The summed E-state index contributed by atoms with van der Waals surface area (Å²) in [5.41, 5.74) is 5.64. The maximum absolute atomic E-state index is 11.7. The Balaban J connectivity index is 1.82. The molecule has 2 aliphatic heterocycles. The molecule has 0 saturated heterocycles. The molecule has 0 spiro atoms. The van der Waals surface area contributed by atoms with Crippen molar-refractivity contribution in [1.29, 1.82) is 0 Å². The molecule has 0 aliphatic carbocycles. The first kappa shape index (κ1) is 15.2. The SMILES string of the molecule is CCOC(=O)Nc1ccc2c(c1)C1(C)NC2(CC)c2ccccc21. The minimum absolute atomic E-state index is 0.136. The van der Waals surface area contributed by atoms with Crippen molar-refractivity contribution in [3.63, 3.8) is 0 Å². The average Bonchev–Trinajstić information content (AvgIpc) is 3.01. The zero-order valence-electron chi connectivity index (χ0n) is 14.3. The zero-order chi connectivity index (χ0) is 16.9. The Kier molecular flexibility index (Phi) is 3.22. The van der Waals surface area contributed by atoms with Crippen LogP contribution in [0.3, 0.4) is 0 Å². The predicted molar refractivity (Wildman–Crippen MR) is 94.2 cm³/mol. The van der Waals surface area contributed by atoms with E-state index < -0.39 is 6.09 Å². The van der Waals surface area contributed by atoms with Gasteiger partial charge in [-0.2, -0.15) is 0 Å². The fourth-order valence-electron chi connectivity index (χ4n) is 4.44. The Morgan fingerprint density at radius 2 is 1.79 bits per heavy atom. The summed E-state index contributed by atoms with van der Waals surface area (Å²) >= 11 is 0. The van der Waals surface area contributed by atoms with E-state index in [0.717, 1.165) is 12.1 Å². The summed E-state index contributed by atoms with van der Waals surface area (Å²) in [5, 5.41) is 6.67. The summed E-state index contributed by atoms with van der Waals surface area (Å²) in [7, 11) is 0. The normalized spacial score (nSPS) is 26.0. The summed E-state index contributed by atoms with van der Waals surface area (Å²) in [4.78, 5) is 11.7. The van der Waals surface area contributed by atoms with E-state index in [-0.39, 0.29) is 11.1 Å². The van der Waals surface area contributed by atoms with Crippen molar-refractivity contribution in [3.05, 3.63) is 64.7 Å². The highest BCUT2D eigenvalue weighted by Gasteiger charge is 2.57. The van der Waals surface area contributed by atoms with E-state index in [2.05, 4.69) is 60.9 Å². The quantitative estimate of drug-likeness (QED) is 0.895. The van der Waals surface area contributed by atoms with Crippen molar-refractivity contribution in [2.24, 2.45) is 0 Å². The maximum atomic E-state index is 11.7. The first-order valence-corrected chi connectivity index (χ1v) is 8.53. The highest BCUT2D eigenvalue weighted by molar-refractivity contribution is 5.85. The number of hydrogen-bond acceptors (Lipinski definition) is 3. The first-order chi connectivity index (χ1) is 11.5. The van der Waals surface area contributed by atoms with Crippen molar-refractivity contribution in [1.82, 2.24) is 5.32 Å². The Labute approximate surface area is 142 Å². The zero-order valence-corrected chi connectivity index (χ0v) is 14.3. The molecular formula is C20H22N2O2. The summed E-state index contributed by atoms with van der Waals surface area (Å²) < 4.78 is 4.98. The first-order valence-electron chi connectivity index (χ1n) is 8.53. The molecule has 0 fully saturated rings. The number of benzene rings is 2. The molecule has 124 valence electrons. The Hall–Kier alpha value is -2.33. The molecule has 24 heavy (non-hydrogen) atoms. The second kappa shape index (κ2) is 5.08. The van der Waals surface area contributed by atoms with Gasteiger partial charge in [0.1, 0.15) is 0 Å². The second-order valence-electron chi connectivity index (χ2n) is 6.66. The lowest BCUT2D eigenvalue weighted by Crippen LogP contribution is -2.38. The van der Waals surface area contributed by atoms with Crippen LogP contribution in [-0.4, -0.2) is 12.7 Å². The highest BCUT2D eigenvalue weighted by atomic mass is 16.5. The molecule has 2 N–H and O–H groups in total. The van der Waals surface area contributed by atoms with Crippen molar-refractivity contribution in [3.8, 4) is 0 Å². The van der Waals surface area contributed by atoms with Gasteiger partial charge in [0.2, 0.25) is 0 Å². The van der Waals surface area contributed by atoms with Gasteiger partial charge in [0.05, 0.1) is 17.7 Å². The molecule has 0 radical (unpaired) electrons. The lowest BCUT2D eigenvalue weighted by Gasteiger charge is -2.30. The number of carbonyl (C=O) groups excluding carboxylic acids is 1. The topological polar surface area (TPSA) is 50.4 Å². The number of carbonyl (C=O) groups is 1. The third-order valence-corrected chi connectivity index (χ3v) is 5.46. The van der Waals surface area contributed by atoms with Crippen LogP contribution in [0.25, 0.3) is 0 Å². The molecule has 1 amide bonds. The van der Waals surface area contributed by atoms with E-state index in [0.29, 0.717) is 6.61 Å². The molecule has 2 unspecified atom stereocenters. The molecule has 2 aromatic rings. The third kappa shape index (κ3) is 1.80. The van der Waals surface area contributed by atoms with Crippen molar-refractivity contribution < 1.29 is 9.53 Å². The van der Waals surface area contributed by atoms with Gasteiger partial charge in [0.25, 0.3) is 0 Å². The number of anilines is 1. The Morgan fingerprint density at radius 3 is 2.50 bits per heavy atom. The number of amides is 1. The molecule has 2 aromatic carbocycles. The molecule has 0 aromatic heterocycles. The maximum Gasteiger partial charge on any atom is 0.411 e. The summed E-state index contributed by atoms with van der Waals surface area (Å²) in [6, 6.07) is 14.8. The van der Waals surface area contributed by atoms with Gasteiger partial charge in [-0.25, -0.2) is 4.79 Å². The largest absolute Gasteiger partial charge is 0.450 e. The molecule has 2 bridgehead atoms. The van der Waals surface area contributed by atoms with Crippen LogP contribution in [0.1, 0.15) is 49.4 Å². The van der Waals surface area contributed by atoms with Crippen LogP contribution in [0.4, 0.5) is 10.5 Å². The molecule has 2 aliphatic rings. The van der Waals surface area contributed by atoms with Gasteiger partial charge in [0.15, 0.2) is 0 Å². The van der Waals surface area contributed by atoms with E-state index >= 15 is 0 Å². The van der Waals surface area contributed by atoms with Gasteiger partial charge >= 0.3 is 6.09 Å². The van der Waals surface area contributed by atoms with Crippen LogP contribution < -0.4 is 10.6 Å². The van der Waals surface area contributed by atoms with Crippen LogP contribution in [0.5, 0.6) is 0 Å². The van der Waals surface area contributed by atoms with E-state index in [1.54, 1.807) is 6.92 Å². The molecule has 2 atom stereocenters. The minimum Gasteiger partial charge on any atom is -0.450 e. The van der Waals surface area contributed by atoms with Crippen LogP contribution in [-0.2, 0) is 15.8 Å². The van der Waals surface area contributed by atoms with Gasteiger partial charge in [-0.15, -0.1) is 0 Å². The van der Waals surface area contributed by atoms with E-state index in [9.17, 15) is 4.79 Å². The van der Waals surface area contributed by atoms with Crippen molar-refractivity contribution >= 4 is 11.8 Å². The summed E-state index contributed by atoms with van der Waals surface area (Å²) in [5.74, 6) is 0. The van der Waals surface area contributed by atoms with Crippen LogP contribution in [0.2, 0.25) is 0 Å². The Bertz CT molecular complexity index is 832. The molecule has 4 rings (SSSR count).